The quantitative estimate of drug-likeness (QED) is 0.287. The molecule has 0 saturated carbocycles. The maximum absolute atomic E-state index is 12.8. The van der Waals surface area contributed by atoms with Crippen LogP contribution in [0.5, 0.6) is 5.75 Å². The topological polar surface area (TPSA) is 88.1 Å². The number of ether oxygens (including phenoxy) is 1. The summed E-state index contributed by atoms with van der Waals surface area (Å²) in [5.41, 5.74) is 4.23. The number of nitrogens with zero attached hydrogens (tertiary/aromatic N) is 2. The van der Waals surface area contributed by atoms with Crippen molar-refractivity contribution >= 4 is 49.7 Å². The molecule has 7 nitrogen and oxygen atoms in total. The summed E-state index contributed by atoms with van der Waals surface area (Å²) in [5, 5.41) is 4.72. The fourth-order valence-corrected chi connectivity index (χ4v) is 5.76. The van der Waals surface area contributed by atoms with Crippen molar-refractivity contribution in [2.45, 2.75) is 24.3 Å². The van der Waals surface area contributed by atoms with Crippen molar-refractivity contribution in [3.8, 4) is 5.75 Å². The largest absolute Gasteiger partial charge is 0.489 e. The second kappa shape index (κ2) is 12.0. The Balaban J connectivity index is 1.27. The lowest BCUT2D eigenvalue weighted by atomic mass is 9.98. The van der Waals surface area contributed by atoms with Crippen LogP contribution in [-0.2, 0) is 21.4 Å². The summed E-state index contributed by atoms with van der Waals surface area (Å²) in [4.78, 5) is 12.8. The Morgan fingerprint density at radius 1 is 1.08 bits per heavy atom. The number of piperidine rings is 1. The van der Waals surface area contributed by atoms with Crippen LogP contribution >= 0.6 is 27.5 Å². The van der Waals surface area contributed by atoms with Crippen molar-refractivity contribution in [3.63, 3.8) is 0 Å². The van der Waals surface area contributed by atoms with Gasteiger partial charge in [-0.3, -0.25) is 4.79 Å². The molecular weight excluding hydrogens is 566 g/mol. The second-order valence-corrected chi connectivity index (χ2v) is 11.6. The van der Waals surface area contributed by atoms with Crippen LogP contribution in [-0.4, -0.2) is 37.9 Å². The SMILES string of the molecule is O=C(NN=Cc1cccc(OCc2ccccc2Cl)c1)C1CCN(S(=O)(=O)c2ccc(Br)cc2)CC1. The van der Waals surface area contributed by atoms with Gasteiger partial charge in [-0.05, 0) is 60.9 Å². The van der Waals surface area contributed by atoms with E-state index in [1.54, 1.807) is 30.5 Å². The Morgan fingerprint density at radius 2 is 1.81 bits per heavy atom. The highest BCUT2D eigenvalue weighted by molar-refractivity contribution is 9.10. The van der Waals surface area contributed by atoms with E-state index < -0.39 is 10.0 Å². The van der Waals surface area contributed by atoms with Crippen molar-refractivity contribution in [2.75, 3.05) is 13.1 Å². The van der Waals surface area contributed by atoms with Gasteiger partial charge in [-0.1, -0.05) is 57.9 Å². The highest BCUT2D eigenvalue weighted by Crippen LogP contribution is 2.25. The van der Waals surface area contributed by atoms with Gasteiger partial charge >= 0.3 is 0 Å². The van der Waals surface area contributed by atoms with E-state index in [4.69, 9.17) is 16.3 Å². The molecule has 0 radical (unpaired) electrons. The lowest BCUT2D eigenvalue weighted by Crippen LogP contribution is -2.42. The van der Waals surface area contributed by atoms with E-state index in [-0.39, 0.29) is 29.8 Å². The van der Waals surface area contributed by atoms with E-state index in [0.29, 0.717) is 30.2 Å². The minimum atomic E-state index is -3.58. The Kier molecular flexibility index (Phi) is 8.79. The summed E-state index contributed by atoms with van der Waals surface area (Å²) < 4.78 is 33.8. The van der Waals surface area contributed by atoms with Gasteiger partial charge in [0.15, 0.2) is 0 Å². The molecule has 4 rings (SSSR count). The molecule has 1 aliphatic rings. The zero-order chi connectivity index (χ0) is 25.5. The molecule has 3 aromatic carbocycles. The van der Waals surface area contributed by atoms with Gasteiger partial charge in [0.25, 0.3) is 0 Å². The average molecular weight is 591 g/mol. The Hall–Kier alpha value is -2.72. The van der Waals surface area contributed by atoms with Crippen molar-refractivity contribution in [2.24, 2.45) is 11.0 Å². The van der Waals surface area contributed by atoms with Gasteiger partial charge in [0.2, 0.25) is 15.9 Å². The molecule has 1 N–H and O–H groups in total. The number of hydrogen-bond acceptors (Lipinski definition) is 5. The number of rotatable bonds is 8. The van der Waals surface area contributed by atoms with E-state index in [1.807, 2.05) is 48.5 Å². The first-order chi connectivity index (χ1) is 17.3. The number of halogens is 2. The predicted molar refractivity (Wildman–Crippen MR) is 144 cm³/mol. The minimum absolute atomic E-state index is 0.224. The molecule has 10 heteroatoms. The summed E-state index contributed by atoms with van der Waals surface area (Å²) >= 11 is 9.49. The van der Waals surface area contributed by atoms with Gasteiger partial charge in [0.05, 0.1) is 11.1 Å². The number of hydrazone groups is 1. The van der Waals surface area contributed by atoms with Crippen LogP contribution in [0.15, 0.2) is 87.3 Å². The van der Waals surface area contributed by atoms with E-state index in [0.717, 1.165) is 15.6 Å². The van der Waals surface area contributed by atoms with Crippen molar-refractivity contribution in [1.29, 1.82) is 0 Å². The van der Waals surface area contributed by atoms with Crippen LogP contribution in [0.4, 0.5) is 0 Å². The van der Waals surface area contributed by atoms with Crippen LogP contribution in [0.1, 0.15) is 24.0 Å². The Morgan fingerprint density at radius 3 is 2.53 bits per heavy atom. The number of carbonyl (C=O) groups is 1. The first kappa shape index (κ1) is 26.3. The summed E-state index contributed by atoms with van der Waals surface area (Å²) in [6.45, 7) is 0.906. The summed E-state index contributed by atoms with van der Waals surface area (Å²) in [7, 11) is -3.58. The van der Waals surface area contributed by atoms with Gasteiger partial charge in [0, 0.05) is 34.1 Å². The zero-order valence-electron chi connectivity index (χ0n) is 19.3. The smallest absolute Gasteiger partial charge is 0.243 e. The van der Waals surface area contributed by atoms with Crippen molar-refractivity contribution in [3.05, 3.63) is 93.4 Å². The molecule has 0 bridgehead atoms. The Labute approximate surface area is 224 Å². The molecule has 0 aliphatic carbocycles. The molecule has 188 valence electrons. The fraction of sp³-hybridized carbons (Fsp3) is 0.231. The number of benzene rings is 3. The third-order valence-electron chi connectivity index (χ3n) is 5.87. The first-order valence-electron chi connectivity index (χ1n) is 11.4. The van der Waals surface area contributed by atoms with Crippen LogP contribution in [0, 0.1) is 5.92 Å². The zero-order valence-corrected chi connectivity index (χ0v) is 22.5. The number of hydrogen-bond donors (Lipinski definition) is 1. The van der Waals surface area contributed by atoms with Gasteiger partial charge in [0.1, 0.15) is 12.4 Å². The lowest BCUT2D eigenvalue weighted by Gasteiger charge is -2.30. The summed E-state index contributed by atoms with van der Waals surface area (Å²) in [5.74, 6) is 0.131. The number of sulfonamides is 1. The van der Waals surface area contributed by atoms with Crippen molar-refractivity contribution in [1.82, 2.24) is 9.73 Å². The third kappa shape index (κ3) is 6.73. The van der Waals surface area contributed by atoms with Gasteiger partial charge in [-0.15, -0.1) is 0 Å². The van der Waals surface area contributed by atoms with Gasteiger partial charge < -0.3 is 4.74 Å². The molecule has 0 aromatic heterocycles. The average Bonchev–Trinajstić information content (AvgIpc) is 2.89. The standard InChI is InChI=1S/C26H25BrClN3O4S/c27-22-8-10-24(11-9-22)36(33,34)31-14-12-20(13-15-31)26(32)30-29-17-19-4-3-6-23(16-19)35-18-21-5-1-2-7-25(21)28/h1-11,16-17,20H,12-15,18H2,(H,30,32). The van der Waals surface area contributed by atoms with Crippen LogP contribution < -0.4 is 10.2 Å². The van der Waals surface area contributed by atoms with E-state index >= 15 is 0 Å². The molecule has 3 aromatic rings. The summed E-state index contributed by atoms with van der Waals surface area (Å²) in [6.07, 6.45) is 2.42. The lowest BCUT2D eigenvalue weighted by molar-refractivity contribution is -0.126. The minimum Gasteiger partial charge on any atom is -0.489 e. The van der Waals surface area contributed by atoms with E-state index in [2.05, 4.69) is 26.5 Å². The predicted octanol–water partition coefficient (Wildman–Crippen LogP) is 5.23. The molecule has 0 spiro atoms. The number of nitrogens with one attached hydrogen (secondary N) is 1. The molecule has 0 atom stereocenters. The highest BCUT2D eigenvalue weighted by atomic mass is 79.9. The maximum Gasteiger partial charge on any atom is 0.243 e. The molecule has 1 aliphatic heterocycles. The van der Waals surface area contributed by atoms with Crippen LogP contribution in [0.2, 0.25) is 5.02 Å². The first-order valence-corrected chi connectivity index (χ1v) is 14.0. The molecular formula is C26H25BrClN3O4S. The summed E-state index contributed by atoms with van der Waals surface area (Å²) in [6, 6.07) is 21.4. The Bertz CT molecular complexity index is 1340. The molecule has 1 amide bonds. The molecule has 1 heterocycles. The maximum atomic E-state index is 12.8. The second-order valence-electron chi connectivity index (χ2n) is 8.32. The number of carbonyl (C=O) groups excluding carboxylic acids is 1. The number of amides is 1. The van der Waals surface area contributed by atoms with Gasteiger partial charge in [-0.2, -0.15) is 9.41 Å². The van der Waals surface area contributed by atoms with Crippen molar-refractivity contribution < 1.29 is 17.9 Å². The third-order valence-corrected chi connectivity index (χ3v) is 8.69. The van der Waals surface area contributed by atoms with Crippen LogP contribution in [0.25, 0.3) is 0 Å². The van der Waals surface area contributed by atoms with E-state index in [9.17, 15) is 13.2 Å². The highest BCUT2D eigenvalue weighted by Gasteiger charge is 2.32. The van der Waals surface area contributed by atoms with Crippen LogP contribution in [0.3, 0.4) is 0 Å². The normalized spacial score (nSPS) is 15.2. The monoisotopic (exact) mass is 589 g/mol. The molecule has 1 saturated heterocycles. The molecule has 1 fully saturated rings. The van der Waals surface area contributed by atoms with E-state index in [1.165, 1.54) is 4.31 Å². The molecule has 0 unspecified atom stereocenters. The molecule has 36 heavy (non-hydrogen) atoms. The fourth-order valence-electron chi connectivity index (χ4n) is 3.84. The van der Waals surface area contributed by atoms with Gasteiger partial charge in [-0.25, -0.2) is 13.8 Å².